The van der Waals surface area contributed by atoms with Gasteiger partial charge in [-0.1, -0.05) is 89.2 Å². The third-order valence-electron chi connectivity index (χ3n) is 14.6. The molecule has 5 aromatic heterocycles. The van der Waals surface area contributed by atoms with E-state index in [0.29, 0.717) is 0 Å². The summed E-state index contributed by atoms with van der Waals surface area (Å²) in [6.07, 6.45) is 9.96. The van der Waals surface area contributed by atoms with Crippen LogP contribution < -0.4 is 0 Å². The number of nitrogens with zero attached hydrogens (tertiary/aromatic N) is 7. The van der Waals surface area contributed by atoms with Gasteiger partial charge in [0.1, 0.15) is 28.5 Å². The Labute approximate surface area is 354 Å². The molecule has 4 atom stereocenters. The Kier molecular flexibility index (Phi) is 7.83. The zero-order valence-corrected chi connectivity index (χ0v) is 37.9. The van der Waals surface area contributed by atoms with Crippen LogP contribution in [0.1, 0.15) is 190 Å². The molecule has 0 spiro atoms. The molecular weight excluding hydrogens is 735 g/mol. The molecule has 4 aliphatic carbocycles. The quantitative estimate of drug-likeness (QED) is 0.153. The number of imidazole rings is 2. The van der Waals surface area contributed by atoms with Crippen LogP contribution in [0.15, 0.2) is 54.7 Å². The van der Waals surface area contributed by atoms with Crippen molar-refractivity contribution in [3.8, 4) is 0 Å². The molecule has 0 amide bonds. The predicted molar refractivity (Wildman–Crippen MR) is 247 cm³/mol. The molecule has 7 heteroatoms. The molecule has 2 saturated carbocycles. The number of pyridine rings is 1. The van der Waals surface area contributed by atoms with E-state index in [9.17, 15) is 0 Å². The summed E-state index contributed by atoms with van der Waals surface area (Å²) >= 11 is 0. The van der Waals surface area contributed by atoms with Crippen molar-refractivity contribution in [2.24, 2.45) is 0 Å². The Bertz CT molecular complexity index is 3040. The fourth-order valence-corrected chi connectivity index (χ4v) is 11.4. The second-order valence-corrected chi connectivity index (χ2v) is 23.1. The van der Waals surface area contributed by atoms with Crippen molar-refractivity contribution in [3.05, 3.63) is 99.9 Å². The van der Waals surface area contributed by atoms with Crippen molar-refractivity contribution in [2.75, 3.05) is 0 Å². The second-order valence-electron chi connectivity index (χ2n) is 23.1. The molecule has 7 nitrogen and oxygen atoms in total. The molecule has 0 radical (unpaired) electrons. The van der Waals surface area contributed by atoms with Gasteiger partial charge in [-0.25, -0.2) is 19.9 Å². The minimum Gasteiger partial charge on any atom is -0.279 e. The van der Waals surface area contributed by atoms with Gasteiger partial charge in [-0.2, -0.15) is 0 Å². The van der Waals surface area contributed by atoms with E-state index in [4.69, 9.17) is 24.9 Å². The molecule has 12 rings (SSSR count). The lowest BCUT2D eigenvalue weighted by Gasteiger charge is -2.22. The lowest BCUT2D eigenvalue weighted by Crippen LogP contribution is -2.19. The fourth-order valence-electron chi connectivity index (χ4n) is 11.4. The number of hydrogen-bond donors (Lipinski definition) is 0. The van der Waals surface area contributed by atoms with Crippen LogP contribution >= 0.6 is 0 Å². The summed E-state index contributed by atoms with van der Waals surface area (Å²) in [7, 11) is 0. The van der Waals surface area contributed by atoms with E-state index in [1.54, 1.807) is 22.3 Å². The Balaban J connectivity index is 0.000000136. The lowest BCUT2D eigenvalue weighted by molar-refractivity contribution is 0.541. The van der Waals surface area contributed by atoms with Crippen LogP contribution in [-0.2, 0) is 21.7 Å². The first-order valence-corrected chi connectivity index (χ1v) is 22.7. The third-order valence-corrected chi connectivity index (χ3v) is 14.6. The van der Waals surface area contributed by atoms with Crippen LogP contribution in [0, 0.1) is 0 Å². The Hall–Kier alpha value is -4.91. The average molecular weight is 796 g/mol. The highest BCUT2D eigenvalue weighted by Crippen LogP contribution is 2.55. The lowest BCUT2D eigenvalue weighted by atomic mass is 9.87. The fraction of sp³-hybridized carbons (Fsp3) is 0.491. The second kappa shape index (κ2) is 12.4. The highest BCUT2D eigenvalue weighted by molar-refractivity contribution is 5.99. The van der Waals surface area contributed by atoms with E-state index >= 15 is 0 Å². The van der Waals surface area contributed by atoms with Crippen molar-refractivity contribution < 1.29 is 0 Å². The number of benzene rings is 3. The first-order chi connectivity index (χ1) is 28.2. The third kappa shape index (κ3) is 5.69. The SMILES string of the molecule is CC(C)(C)c1cc2c(cn1)nc1c3cc4c(cc3nc(C(C)(C)C)n21)C1CCC4C1.CC(C)(C)c1ccc2c(c1)nc1c3cc4c(cc3nc(C(C)(C)C)n21)C1CCC4C1. The molecule has 308 valence electrons. The van der Waals surface area contributed by atoms with E-state index < -0.39 is 0 Å². The number of hydrogen-bond acceptors (Lipinski definition) is 5. The van der Waals surface area contributed by atoms with Gasteiger partial charge in [0.2, 0.25) is 0 Å². The van der Waals surface area contributed by atoms with Crippen LogP contribution in [0.5, 0.6) is 0 Å². The number of fused-ring (bicyclic) bond motifs is 20. The van der Waals surface area contributed by atoms with Crippen LogP contribution in [-0.4, -0.2) is 33.7 Å². The molecule has 60 heavy (non-hydrogen) atoms. The monoisotopic (exact) mass is 795 g/mol. The average Bonchev–Trinajstić information content (AvgIpc) is 4.04. The molecule has 0 saturated heterocycles. The van der Waals surface area contributed by atoms with Gasteiger partial charge in [-0.3, -0.25) is 13.8 Å². The van der Waals surface area contributed by atoms with Gasteiger partial charge < -0.3 is 0 Å². The molecule has 4 aliphatic rings. The van der Waals surface area contributed by atoms with E-state index in [2.05, 4.69) is 140 Å². The van der Waals surface area contributed by atoms with Gasteiger partial charge in [0, 0.05) is 32.7 Å². The van der Waals surface area contributed by atoms with Crippen LogP contribution in [0.25, 0.3) is 55.2 Å². The molecular formula is C53H61N7. The molecule has 8 aromatic rings. The highest BCUT2D eigenvalue weighted by Gasteiger charge is 2.39. The normalized spacial score (nSPS) is 21.3. The molecule has 4 bridgehead atoms. The van der Waals surface area contributed by atoms with Gasteiger partial charge in [-0.15, -0.1) is 0 Å². The summed E-state index contributed by atoms with van der Waals surface area (Å²) in [6.45, 7) is 26.9. The standard InChI is InChI=1S/C27H31N3.C26H30N4/c1-26(2,3)17-9-10-23-22(12-17)28-24-20-13-18-15-7-8-16(11-15)19(18)14-21(20)29-25(30(23)24)27(4,5)6;1-25(2,3)22-12-21-20(13-27-22)28-23-18-10-16-14-7-8-15(9-14)17(16)11-19(18)29-24(30(21)23)26(4,5)6/h9-10,12-16H,7-8,11H2,1-6H3;10-15H,7-9H2,1-6H3. The minimum absolute atomic E-state index is 0.00935. The van der Waals surface area contributed by atoms with E-state index in [0.717, 1.165) is 79.9 Å². The summed E-state index contributed by atoms with van der Waals surface area (Å²) < 4.78 is 4.62. The maximum Gasteiger partial charge on any atom is 0.148 e. The zero-order valence-electron chi connectivity index (χ0n) is 37.9. The predicted octanol–water partition coefficient (Wildman–Crippen LogP) is 13.4. The first-order valence-electron chi connectivity index (χ1n) is 22.7. The summed E-state index contributed by atoms with van der Waals surface area (Å²) in [6, 6.07) is 18.6. The van der Waals surface area contributed by atoms with Crippen molar-refractivity contribution >= 4 is 55.2 Å². The van der Waals surface area contributed by atoms with Gasteiger partial charge in [0.15, 0.2) is 0 Å². The van der Waals surface area contributed by atoms with Crippen LogP contribution in [0.3, 0.4) is 0 Å². The minimum atomic E-state index is -0.0940. The molecule has 0 N–H and O–H groups in total. The van der Waals surface area contributed by atoms with E-state index in [-0.39, 0.29) is 21.7 Å². The largest absolute Gasteiger partial charge is 0.279 e. The van der Waals surface area contributed by atoms with Crippen molar-refractivity contribution in [1.82, 2.24) is 33.7 Å². The maximum atomic E-state index is 5.25. The van der Waals surface area contributed by atoms with Crippen molar-refractivity contribution in [1.29, 1.82) is 0 Å². The van der Waals surface area contributed by atoms with E-state index in [1.165, 1.54) is 60.4 Å². The Morgan fingerprint density at radius 1 is 0.450 bits per heavy atom. The van der Waals surface area contributed by atoms with E-state index in [1.807, 2.05) is 6.20 Å². The van der Waals surface area contributed by atoms with Gasteiger partial charge in [0.25, 0.3) is 0 Å². The highest BCUT2D eigenvalue weighted by atomic mass is 15.1. The van der Waals surface area contributed by atoms with Gasteiger partial charge in [-0.05, 0) is 138 Å². The van der Waals surface area contributed by atoms with Crippen LogP contribution in [0.4, 0.5) is 0 Å². The first kappa shape index (κ1) is 38.0. The summed E-state index contributed by atoms with van der Waals surface area (Å²) in [5, 5.41) is 2.39. The van der Waals surface area contributed by atoms with Crippen molar-refractivity contribution in [3.63, 3.8) is 0 Å². The Morgan fingerprint density at radius 3 is 1.38 bits per heavy atom. The maximum absolute atomic E-state index is 5.25. The molecule has 3 aromatic carbocycles. The summed E-state index contributed by atoms with van der Waals surface area (Å²) in [5.41, 5.74) is 17.2. The Morgan fingerprint density at radius 2 is 0.917 bits per heavy atom. The van der Waals surface area contributed by atoms with Gasteiger partial charge in [0.05, 0.1) is 33.8 Å². The molecule has 2 fully saturated rings. The van der Waals surface area contributed by atoms with Crippen molar-refractivity contribution in [2.45, 2.75) is 167 Å². The smallest absolute Gasteiger partial charge is 0.148 e. The zero-order chi connectivity index (χ0) is 42.0. The molecule has 5 heterocycles. The topological polar surface area (TPSA) is 73.3 Å². The number of rotatable bonds is 0. The van der Waals surface area contributed by atoms with Crippen LogP contribution in [0.2, 0.25) is 0 Å². The summed E-state index contributed by atoms with van der Waals surface area (Å²) in [5.74, 6) is 5.13. The van der Waals surface area contributed by atoms with Gasteiger partial charge >= 0.3 is 0 Å². The molecule has 4 unspecified atom stereocenters. The molecule has 0 aliphatic heterocycles. The number of aromatic nitrogens is 7. The summed E-state index contributed by atoms with van der Waals surface area (Å²) in [4.78, 5) is 25.5.